The topological polar surface area (TPSA) is 112 Å². The Morgan fingerprint density at radius 2 is 1.79 bits per heavy atom. The largest absolute Gasteiger partial charge is 0.324 e. The van der Waals surface area contributed by atoms with Crippen molar-refractivity contribution >= 4 is 38.7 Å². The molecule has 12 heteroatoms. The fourth-order valence-corrected chi connectivity index (χ4v) is 7.01. The lowest BCUT2D eigenvalue weighted by Crippen LogP contribution is -2.42. The standard InChI is InChI=1S/C31H38FN7O2S2/c1-5-19-43(40,41)38-24-8-6-7-23(26(24)32)27-28(42-29(37-27)31(2,3)4)25-13-14-34-30(36-25)35-22-11-9-21(10-12-22)20-39-17-15-33-16-18-39/h6-14,33,38H,5,15-20H2,1-4H3,(H,34,35,36). The molecule has 1 fully saturated rings. The monoisotopic (exact) mass is 623 g/mol. The number of piperazine rings is 1. The smallest absolute Gasteiger partial charge is 0.232 e. The first-order valence-electron chi connectivity index (χ1n) is 14.5. The van der Waals surface area contributed by atoms with Gasteiger partial charge in [0.15, 0.2) is 5.82 Å². The van der Waals surface area contributed by atoms with Crippen LogP contribution >= 0.6 is 11.3 Å². The lowest BCUT2D eigenvalue weighted by atomic mass is 9.98. The Hall–Kier alpha value is -3.45. The van der Waals surface area contributed by atoms with Gasteiger partial charge in [-0.1, -0.05) is 45.9 Å². The van der Waals surface area contributed by atoms with Crippen LogP contribution in [0.4, 0.5) is 21.7 Å². The second kappa shape index (κ2) is 13.0. The average molecular weight is 624 g/mol. The van der Waals surface area contributed by atoms with Crippen molar-refractivity contribution in [1.29, 1.82) is 0 Å². The number of nitrogens with one attached hydrogen (secondary N) is 3. The van der Waals surface area contributed by atoms with Gasteiger partial charge in [-0.05, 0) is 42.3 Å². The van der Waals surface area contributed by atoms with E-state index in [2.05, 4.69) is 37.4 Å². The molecular formula is C31H38FN7O2S2. The van der Waals surface area contributed by atoms with Gasteiger partial charge in [0.2, 0.25) is 16.0 Å². The van der Waals surface area contributed by atoms with Crippen LogP contribution in [-0.2, 0) is 22.0 Å². The highest BCUT2D eigenvalue weighted by molar-refractivity contribution is 7.92. The molecule has 0 radical (unpaired) electrons. The third-order valence-corrected chi connectivity index (χ3v) is 9.96. The van der Waals surface area contributed by atoms with E-state index in [-0.39, 0.29) is 22.4 Å². The molecule has 4 aromatic rings. The molecule has 0 aliphatic carbocycles. The zero-order chi connectivity index (χ0) is 30.6. The SMILES string of the molecule is CCCS(=O)(=O)Nc1cccc(-c2nc(C(C)(C)C)sc2-c2ccnc(Nc3ccc(CN4CCNCC4)cc3)n2)c1F. The van der Waals surface area contributed by atoms with E-state index in [0.717, 1.165) is 43.4 Å². The molecule has 0 atom stereocenters. The highest BCUT2D eigenvalue weighted by Crippen LogP contribution is 2.42. The van der Waals surface area contributed by atoms with Crippen LogP contribution in [0.1, 0.15) is 44.7 Å². The van der Waals surface area contributed by atoms with Gasteiger partial charge >= 0.3 is 0 Å². The molecule has 2 aromatic carbocycles. The number of nitrogens with zero attached hydrogens (tertiary/aromatic N) is 4. The zero-order valence-electron chi connectivity index (χ0n) is 24.9. The Morgan fingerprint density at radius 1 is 1.05 bits per heavy atom. The van der Waals surface area contributed by atoms with Crippen LogP contribution in [0.2, 0.25) is 0 Å². The molecule has 5 rings (SSSR count). The number of hydrogen-bond donors (Lipinski definition) is 3. The van der Waals surface area contributed by atoms with E-state index in [4.69, 9.17) is 9.97 Å². The summed E-state index contributed by atoms with van der Waals surface area (Å²) < 4.78 is 43.1. The van der Waals surface area contributed by atoms with Gasteiger partial charge in [0.05, 0.1) is 32.7 Å². The van der Waals surface area contributed by atoms with Gasteiger partial charge in [0, 0.05) is 55.6 Å². The summed E-state index contributed by atoms with van der Waals surface area (Å²) in [6, 6.07) is 14.7. The summed E-state index contributed by atoms with van der Waals surface area (Å²) in [7, 11) is -3.67. The first-order valence-corrected chi connectivity index (χ1v) is 16.9. The number of halogens is 1. The summed E-state index contributed by atoms with van der Waals surface area (Å²) in [6.45, 7) is 12.9. The summed E-state index contributed by atoms with van der Waals surface area (Å²) >= 11 is 1.44. The maximum absolute atomic E-state index is 15.9. The number of benzene rings is 2. The molecule has 3 N–H and O–H groups in total. The maximum atomic E-state index is 15.9. The van der Waals surface area contributed by atoms with Crippen molar-refractivity contribution in [2.45, 2.75) is 46.1 Å². The van der Waals surface area contributed by atoms with Crippen LogP contribution < -0.4 is 15.4 Å². The molecule has 0 saturated carbocycles. The lowest BCUT2D eigenvalue weighted by Gasteiger charge is -2.27. The van der Waals surface area contributed by atoms with Crippen molar-refractivity contribution in [1.82, 2.24) is 25.2 Å². The average Bonchev–Trinajstić information content (AvgIpc) is 3.42. The van der Waals surface area contributed by atoms with Gasteiger partial charge in [-0.2, -0.15) is 0 Å². The summed E-state index contributed by atoms with van der Waals surface area (Å²) in [6.07, 6.45) is 2.09. The minimum absolute atomic E-state index is 0.0949. The highest BCUT2D eigenvalue weighted by atomic mass is 32.2. The minimum Gasteiger partial charge on any atom is -0.324 e. The van der Waals surface area contributed by atoms with Crippen molar-refractivity contribution in [3.05, 3.63) is 71.1 Å². The second-order valence-electron chi connectivity index (χ2n) is 11.6. The molecule has 0 bridgehead atoms. The third kappa shape index (κ3) is 7.74. The van der Waals surface area contributed by atoms with Crippen LogP contribution in [0, 0.1) is 5.82 Å². The van der Waals surface area contributed by atoms with Crippen molar-refractivity contribution in [3.8, 4) is 21.8 Å². The first-order chi connectivity index (χ1) is 20.5. The van der Waals surface area contributed by atoms with Crippen molar-refractivity contribution in [3.63, 3.8) is 0 Å². The van der Waals surface area contributed by atoms with Crippen molar-refractivity contribution in [2.75, 3.05) is 42.0 Å². The molecular weight excluding hydrogens is 586 g/mol. The summed E-state index contributed by atoms with van der Waals surface area (Å²) in [5.41, 5.74) is 2.90. The Balaban J connectivity index is 1.44. The number of anilines is 3. The van der Waals surface area contributed by atoms with Crippen molar-refractivity contribution in [2.24, 2.45) is 0 Å². The van der Waals surface area contributed by atoms with E-state index in [0.29, 0.717) is 28.6 Å². The van der Waals surface area contributed by atoms with Gasteiger partial charge in [0.1, 0.15) is 0 Å². The number of hydrogen-bond acceptors (Lipinski definition) is 9. The first kappa shape index (κ1) is 31.0. The molecule has 9 nitrogen and oxygen atoms in total. The van der Waals surface area contributed by atoms with E-state index < -0.39 is 15.8 Å². The van der Waals surface area contributed by atoms with Crippen LogP contribution in [0.3, 0.4) is 0 Å². The van der Waals surface area contributed by atoms with E-state index in [1.807, 2.05) is 32.9 Å². The molecule has 0 unspecified atom stereocenters. The van der Waals surface area contributed by atoms with Crippen LogP contribution in [0.15, 0.2) is 54.7 Å². The molecule has 0 amide bonds. The van der Waals surface area contributed by atoms with Crippen LogP contribution in [-0.4, -0.2) is 60.2 Å². The molecule has 2 aromatic heterocycles. The van der Waals surface area contributed by atoms with E-state index in [1.165, 1.54) is 23.0 Å². The fraction of sp³-hybridized carbons (Fsp3) is 0.387. The Morgan fingerprint density at radius 3 is 2.49 bits per heavy atom. The number of rotatable bonds is 10. The quantitative estimate of drug-likeness (QED) is 0.197. The normalized spacial score (nSPS) is 14.5. The zero-order valence-corrected chi connectivity index (χ0v) is 26.6. The van der Waals surface area contributed by atoms with Gasteiger partial charge < -0.3 is 10.6 Å². The molecule has 1 aliphatic rings. The van der Waals surface area contributed by atoms with E-state index in [1.54, 1.807) is 31.3 Å². The van der Waals surface area contributed by atoms with E-state index >= 15 is 4.39 Å². The van der Waals surface area contributed by atoms with Gasteiger partial charge in [-0.25, -0.2) is 27.8 Å². The maximum Gasteiger partial charge on any atom is 0.232 e. The molecule has 1 aliphatic heterocycles. The Kier molecular flexibility index (Phi) is 9.40. The van der Waals surface area contributed by atoms with E-state index in [9.17, 15) is 8.42 Å². The van der Waals surface area contributed by atoms with Gasteiger partial charge in [0.25, 0.3) is 0 Å². The van der Waals surface area contributed by atoms with Gasteiger partial charge in [-0.3, -0.25) is 9.62 Å². The lowest BCUT2D eigenvalue weighted by molar-refractivity contribution is 0.233. The Bertz CT molecular complexity index is 1660. The summed E-state index contributed by atoms with van der Waals surface area (Å²) in [5.74, 6) is -0.365. The predicted molar refractivity (Wildman–Crippen MR) is 173 cm³/mol. The fourth-order valence-electron chi connectivity index (χ4n) is 4.77. The number of aromatic nitrogens is 3. The molecule has 1 saturated heterocycles. The summed E-state index contributed by atoms with van der Waals surface area (Å²) in [4.78, 5) is 17.1. The molecule has 228 valence electrons. The minimum atomic E-state index is -3.67. The highest BCUT2D eigenvalue weighted by Gasteiger charge is 2.26. The summed E-state index contributed by atoms with van der Waals surface area (Å²) in [5, 5.41) is 7.47. The molecule has 43 heavy (non-hydrogen) atoms. The van der Waals surface area contributed by atoms with Crippen LogP contribution in [0.25, 0.3) is 21.8 Å². The van der Waals surface area contributed by atoms with Crippen LogP contribution in [0.5, 0.6) is 0 Å². The third-order valence-electron chi connectivity index (χ3n) is 6.98. The second-order valence-corrected chi connectivity index (χ2v) is 14.5. The Labute approximate surface area is 257 Å². The number of thiazole rings is 1. The van der Waals surface area contributed by atoms with Crippen molar-refractivity contribution < 1.29 is 12.8 Å². The predicted octanol–water partition coefficient (Wildman–Crippen LogP) is 6.00. The number of sulfonamides is 1. The van der Waals surface area contributed by atoms with Gasteiger partial charge in [-0.15, -0.1) is 11.3 Å². The molecule has 3 heterocycles. The molecule has 0 spiro atoms.